The van der Waals surface area contributed by atoms with Crippen molar-refractivity contribution in [2.24, 2.45) is 0 Å². The highest BCUT2D eigenvalue weighted by Gasteiger charge is 2.24. The Hall–Kier alpha value is -3.06. The van der Waals surface area contributed by atoms with E-state index in [0.29, 0.717) is 0 Å². The molecule has 7 nitrogen and oxygen atoms in total. The molecule has 0 saturated carbocycles. The second-order valence-electron chi connectivity index (χ2n) is 7.54. The highest BCUT2D eigenvalue weighted by Crippen LogP contribution is 2.32. The molecule has 4 rings (SSSR count). The Morgan fingerprint density at radius 2 is 1.73 bits per heavy atom. The zero-order valence-corrected chi connectivity index (χ0v) is 18.1. The summed E-state index contributed by atoms with van der Waals surface area (Å²) in [6.07, 6.45) is 1.80. The van der Waals surface area contributed by atoms with Crippen LogP contribution in [0.15, 0.2) is 42.6 Å². The standard InChI is InChI=1S/C23H29N5O2/c1-17-22(18(2)28(25-17)21-10-5-6-11-24-21)27-14-12-26(13-15-27)16-19-8-7-9-20(29-3)23(19)30-4/h5-11H,12-16H2,1-4H3. The van der Waals surface area contributed by atoms with Gasteiger partial charge in [-0.05, 0) is 32.0 Å². The van der Waals surface area contributed by atoms with Crippen LogP contribution >= 0.6 is 0 Å². The largest absolute Gasteiger partial charge is 0.493 e. The second kappa shape index (κ2) is 8.75. The van der Waals surface area contributed by atoms with E-state index in [1.165, 1.54) is 5.69 Å². The molecule has 3 aromatic rings. The second-order valence-corrected chi connectivity index (χ2v) is 7.54. The maximum Gasteiger partial charge on any atom is 0.165 e. The molecule has 0 spiro atoms. The number of methoxy groups -OCH3 is 2. The van der Waals surface area contributed by atoms with Gasteiger partial charge in [-0.25, -0.2) is 9.67 Å². The molecule has 1 fully saturated rings. The van der Waals surface area contributed by atoms with Gasteiger partial charge >= 0.3 is 0 Å². The lowest BCUT2D eigenvalue weighted by Gasteiger charge is -2.36. The zero-order chi connectivity index (χ0) is 21.1. The minimum atomic E-state index is 0.779. The lowest BCUT2D eigenvalue weighted by Crippen LogP contribution is -2.46. The fraction of sp³-hybridized carbons (Fsp3) is 0.391. The molecule has 1 saturated heterocycles. The summed E-state index contributed by atoms with van der Waals surface area (Å²) in [7, 11) is 3.38. The van der Waals surface area contributed by atoms with E-state index in [2.05, 4.69) is 34.7 Å². The summed E-state index contributed by atoms with van der Waals surface area (Å²) in [5, 5.41) is 4.75. The summed E-state index contributed by atoms with van der Waals surface area (Å²) in [5.41, 5.74) is 4.55. The Labute approximate surface area is 177 Å². The van der Waals surface area contributed by atoms with E-state index in [1.807, 2.05) is 35.0 Å². The van der Waals surface area contributed by atoms with Crippen molar-refractivity contribution in [1.29, 1.82) is 0 Å². The van der Waals surface area contributed by atoms with Crippen molar-refractivity contribution in [3.05, 3.63) is 59.5 Å². The molecule has 0 amide bonds. The number of ether oxygens (including phenoxy) is 2. The molecule has 0 unspecified atom stereocenters. The number of rotatable bonds is 6. The summed E-state index contributed by atoms with van der Waals surface area (Å²) >= 11 is 0. The van der Waals surface area contributed by atoms with E-state index >= 15 is 0 Å². The number of hydrogen-bond donors (Lipinski definition) is 0. The number of anilines is 1. The number of piperazine rings is 1. The smallest absolute Gasteiger partial charge is 0.165 e. The van der Waals surface area contributed by atoms with Gasteiger partial charge in [0.15, 0.2) is 17.3 Å². The lowest BCUT2D eigenvalue weighted by atomic mass is 10.1. The van der Waals surface area contributed by atoms with Gasteiger partial charge < -0.3 is 14.4 Å². The van der Waals surface area contributed by atoms with E-state index < -0.39 is 0 Å². The molecule has 30 heavy (non-hydrogen) atoms. The molecular weight excluding hydrogens is 378 g/mol. The first-order valence-electron chi connectivity index (χ1n) is 10.3. The normalized spacial score (nSPS) is 14.7. The molecular formula is C23H29N5O2. The van der Waals surface area contributed by atoms with Crippen LogP contribution in [0.25, 0.3) is 5.82 Å². The predicted octanol–water partition coefficient (Wildman–Crippen LogP) is 3.22. The molecule has 0 atom stereocenters. The van der Waals surface area contributed by atoms with Crippen molar-refractivity contribution in [2.75, 3.05) is 45.3 Å². The van der Waals surface area contributed by atoms with Crippen molar-refractivity contribution in [2.45, 2.75) is 20.4 Å². The van der Waals surface area contributed by atoms with Crippen LogP contribution in [0.1, 0.15) is 17.0 Å². The Morgan fingerprint density at radius 3 is 2.40 bits per heavy atom. The summed E-state index contributed by atoms with van der Waals surface area (Å²) in [4.78, 5) is 9.35. The summed E-state index contributed by atoms with van der Waals surface area (Å²) in [6.45, 7) is 8.93. The molecule has 2 aromatic heterocycles. The van der Waals surface area contributed by atoms with Crippen LogP contribution in [-0.2, 0) is 6.54 Å². The van der Waals surface area contributed by atoms with Gasteiger partial charge in [0, 0.05) is 44.5 Å². The summed E-state index contributed by atoms with van der Waals surface area (Å²) in [5.74, 6) is 2.46. The minimum Gasteiger partial charge on any atom is -0.493 e. The summed E-state index contributed by atoms with van der Waals surface area (Å²) in [6, 6.07) is 12.0. The molecule has 1 aliphatic heterocycles. The number of para-hydroxylation sites is 1. The van der Waals surface area contributed by atoms with Crippen LogP contribution in [0, 0.1) is 13.8 Å². The van der Waals surface area contributed by atoms with Crippen molar-refractivity contribution in [3.63, 3.8) is 0 Å². The van der Waals surface area contributed by atoms with Crippen molar-refractivity contribution < 1.29 is 9.47 Å². The van der Waals surface area contributed by atoms with Crippen molar-refractivity contribution in [3.8, 4) is 17.3 Å². The van der Waals surface area contributed by atoms with Gasteiger partial charge in [-0.1, -0.05) is 18.2 Å². The first-order chi connectivity index (χ1) is 14.6. The van der Waals surface area contributed by atoms with E-state index in [0.717, 1.165) is 67.0 Å². The number of aryl methyl sites for hydroxylation is 1. The molecule has 1 aliphatic rings. The van der Waals surface area contributed by atoms with Gasteiger partial charge in [0.05, 0.1) is 31.3 Å². The van der Waals surface area contributed by atoms with E-state index in [1.54, 1.807) is 20.4 Å². The minimum absolute atomic E-state index is 0.779. The van der Waals surface area contributed by atoms with Crippen LogP contribution in [0.3, 0.4) is 0 Å². The highest BCUT2D eigenvalue weighted by molar-refractivity contribution is 5.57. The Morgan fingerprint density at radius 1 is 0.933 bits per heavy atom. The first kappa shape index (κ1) is 20.2. The number of hydrogen-bond acceptors (Lipinski definition) is 6. The third-order valence-corrected chi connectivity index (χ3v) is 5.69. The van der Waals surface area contributed by atoms with E-state index in [4.69, 9.17) is 14.6 Å². The van der Waals surface area contributed by atoms with Gasteiger partial charge in [0.1, 0.15) is 0 Å². The summed E-state index contributed by atoms with van der Waals surface area (Å²) < 4.78 is 13.0. The SMILES string of the molecule is COc1cccc(CN2CCN(c3c(C)nn(-c4ccccn4)c3C)CC2)c1OC. The third kappa shape index (κ3) is 3.85. The fourth-order valence-electron chi connectivity index (χ4n) is 4.24. The van der Waals surface area contributed by atoms with Crippen LogP contribution in [0.2, 0.25) is 0 Å². The molecule has 0 bridgehead atoms. The maximum atomic E-state index is 5.60. The maximum absolute atomic E-state index is 5.60. The van der Waals surface area contributed by atoms with Crippen molar-refractivity contribution >= 4 is 5.69 Å². The Balaban J connectivity index is 1.47. The average molecular weight is 408 g/mol. The number of benzene rings is 1. The number of nitrogens with zero attached hydrogens (tertiary/aromatic N) is 5. The lowest BCUT2D eigenvalue weighted by molar-refractivity contribution is 0.244. The zero-order valence-electron chi connectivity index (χ0n) is 18.1. The molecule has 0 aliphatic carbocycles. The topological polar surface area (TPSA) is 55.7 Å². The quantitative estimate of drug-likeness (QED) is 0.625. The molecule has 0 N–H and O–H groups in total. The van der Waals surface area contributed by atoms with Gasteiger partial charge in [0.2, 0.25) is 0 Å². The molecule has 3 heterocycles. The van der Waals surface area contributed by atoms with Gasteiger partial charge in [-0.15, -0.1) is 0 Å². The number of pyridine rings is 1. The molecule has 0 radical (unpaired) electrons. The highest BCUT2D eigenvalue weighted by atomic mass is 16.5. The van der Waals surface area contributed by atoms with Gasteiger partial charge in [-0.3, -0.25) is 4.90 Å². The number of aromatic nitrogens is 3. The van der Waals surface area contributed by atoms with Gasteiger partial charge in [-0.2, -0.15) is 5.10 Å². The molecule has 1 aromatic carbocycles. The molecule has 7 heteroatoms. The first-order valence-corrected chi connectivity index (χ1v) is 10.3. The van der Waals surface area contributed by atoms with E-state index in [9.17, 15) is 0 Å². The average Bonchev–Trinajstić information content (AvgIpc) is 3.08. The van der Waals surface area contributed by atoms with Crippen LogP contribution in [0.4, 0.5) is 5.69 Å². The fourth-order valence-corrected chi connectivity index (χ4v) is 4.24. The molecule has 158 valence electrons. The van der Waals surface area contributed by atoms with Crippen LogP contribution < -0.4 is 14.4 Å². The van der Waals surface area contributed by atoms with Crippen molar-refractivity contribution in [1.82, 2.24) is 19.7 Å². The Kier molecular flexibility index (Phi) is 5.90. The monoisotopic (exact) mass is 407 g/mol. The van der Waals surface area contributed by atoms with Gasteiger partial charge in [0.25, 0.3) is 0 Å². The van der Waals surface area contributed by atoms with Crippen LogP contribution in [0.5, 0.6) is 11.5 Å². The van der Waals surface area contributed by atoms with E-state index in [-0.39, 0.29) is 0 Å². The third-order valence-electron chi connectivity index (χ3n) is 5.69. The van der Waals surface area contributed by atoms with Crippen LogP contribution in [-0.4, -0.2) is 60.1 Å². The predicted molar refractivity (Wildman–Crippen MR) is 118 cm³/mol. The Bertz CT molecular complexity index is 994.